The Morgan fingerprint density at radius 2 is 1.91 bits per heavy atom. The number of rotatable bonds is 8. The second-order valence-corrected chi connectivity index (χ2v) is 7.97. The van der Waals surface area contributed by atoms with Crippen LogP contribution in [0.4, 0.5) is 5.95 Å². The maximum atomic E-state index is 12.6. The monoisotopic (exact) mass is 571 g/mol. The number of aliphatic hydroxyl groups is 1. The van der Waals surface area contributed by atoms with E-state index in [1.54, 1.807) is 31.5 Å². The van der Waals surface area contributed by atoms with E-state index in [9.17, 15) is 9.90 Å². The number of nitrogens with one attached hydrogen (secondary N) is 2. The van der Waals surface area contributed by atoms with E-state index >= 15 is 0 Å². The fraction of sp³-hybridized carbons (Fsp3) is 0.545. The molecule has 3 rings (SSSR count). The number of aromatic nitrogens is 2. The molecule has 1 aliphatic heterocycles. The van der Waals surface area contributed by atoms with Gasteiger partial charge in [-0.2, -0.15) is 0 Å². The summed E-state index contributed by atoms with van der Waals surface area (Å²) in [4.78, 5) is 29.6. The molecule has 3 N–H and O–H groups in total. The maximum Gasteiger partial charge on any atom is 0.225 e. The number of carbonyl (C=O) groups is 1. The van der Waals surface area contributed by atoms with Gasteiger partial charge in [-0.25, -0.2) is 15.0 Å². The highest BCUT2D eigenvalue weighted by atomic mass is 127. The average Bonchev–Trinajstić information content (AvgIpc) is 3.25. The number of guanidine groups is 1. The number of aryl methyl sites for hydroxylation is 1. The van der Waals surface area contributed by atoms with Gasteiger partial charge in [-0.1, -0.05) is 0 Å². The summed E-state index contributed by atoms with van der Waals surface area (Å²) >= 11 is 0. The molecular formula is C22H34IN7O3. The summed E-state index contributed by atoms with van der Waals surface area (Å²) in [5.41, 5.74) is -1.21. The molecule has 1 unspecified atom stereocenters. The SMILES string of the molecule is CCNC(=NCC(C)(O)c1ccc(C)o1)NCCC(=O)N1CCN(c2ncccn2)CC1.I. The maximum absolute atomic E-state index is 12.6. The van der Waals surface area contributed by atoms with E-state index in [2.05, 4.69) is 30.5 Å². The van der Waals surface area contributed by atoms with Crippen LogP contribution in [-0.2, 0) is 10.4 Å². The van der Waals surface area contributed by atoms with Crippen LogP contribution in [0.2, 0.25) is 0 Å². The summed E-state index contributed by atoms with van der Waals surface area (Å²) < 4.78 is 5.53. The molecule has 2 aromatic heterocycles. The third-order valence-corrected chi connectivity index (χ3v) is 5.26. The van der Waals surface area contributed by atoms with Crippen molar-refractivity contribution in [1.82, 2.24) is 25.5 Å². The van der Waals surface area contributed by atoms with E-state index in [0.29, 0.717) is 63.4 Å². The van der Waals surface area contributed by atoms with Crippen LogP contribution in [0, 0.1) is 6.92 Å². The molecule has 1 aliphatic rings. The number of nitrogens with zero attached hydrogens (tertiary/aromatic N) is 5. The number of piperazine rings is 1. The number of hydrogen-bond acceptors (Lipinski definition) is 7. The van der Waals surface area contributed by atoms with Gasteiger partial charge in [0.05, 0.1) is 6.54 Å². The summed E-state index contributed by atoms with van der Waals surface area (Å²) in [5.74, 6) is 2.57. The molecule has 0 radical (unpaired) electrons. The average molecular weight is 571 g/mol. The van der Waals surface area contributed by atoms with Crippen molar-refractivity contribution in [3.63, 3.8) is 0 Å². The molecule has 0 bridgehead atoms. The van der Waals surface area contributed by atoms with Crippen molar-refractivity contribution in [2.24, 2.45) is 4.99 Å². The molecule has 3 heterocycles. The van der Waals surface area contributed by atoms with Crippen molar-refractivity contribution >= 4 is 41.8 Å². The molecule has 0 spiro atoms. The van der Waals surface area contributed by atoms with Crippen LogP contribution in [-0.4, -0.2) is 77.7 Å². The lowest BCUT2D eigenvalue weighted by atomic mass is 10.0. The first kappa shape index (κ1) is 26.8. The topological polar surface area (TPSA) is 119 Å². The van der Waals surface area contributed by atoms with Crippen LogP contribution >= 0.6 is 24.0 Å². The molecule has 0 aliphatic carbocycles. The number of anilines is 1. The Bertz CT molecular complexity index is 896. The molecule has 33 heavy (non-hydrogen) atoms. The van der Waals surface area contributed by atoms with Gasteiger partial charge in [0.2, 0.25) is 11.9 Å². The first-order chi connectivity index (χ1) is 15.4. The summed E-state index contributed by atoms with van der Waals surface area (Å²) in [6.07, 6.45) is 3.81. The molecule has 1 saturated heterocycles. The fourth-order valence-electron chi connectivity index (χ4n) is 3.43. The van der Waals surface area contributed by atoms with Crippen molar-refractivity contribution < 1.29 is 14.3 Å². The molecule has 2 aromatic rings. The van der Waals surface area contributed by atoms with Gasteiger partial charge in [0.15, 0.2) is 5.96 Å². The second kappa shape index (κ2) is 12.7. The summed E-state index contributed by atoms with van der Waals surface area (Å²) in [7, 11) is 0. The van der Waals surface area contributed by atoms with E-state index < -0.39 is 5.60 Å². The van der Waals surface area contributed by atoms with Gasteiger partial charge in [0.25, 0.3) is 0 Å². The lowest BCUT2D eigenvalue weighted by Crippen LogP contribution is -2.50. The van der Waals surface area contributed by atoms with E-state index in [1.165, 1.54) is 0 Å². The van der Waals surface area contributed by atoms with Crippen LogP contribution < -0.4 is 15.5 Å². The highest BCUT2D eigenvalue weighted by Crippen LogP contribution is 2.23. The molecule has 182 valence electrons. The van der Waals surface area contributed by atoms with Crippen molar-refractivity contribution in [3.05, 3.63) is 42.1 Å². The van der Waals surface area contributed by atoms with Crippen LogP contribution in [0.5, 0.6) is 0 Å². The van der Waals surface area contributed by atoms with Gasteiger partial charge >= 0.3 is 0 Å². The number of carbonyl (C=O) groups excluding carboxylic acids is 1. The van der Waals surface area contributed by atoms with E-state index in [0.717, 1.165) is 5.76 Å². The van der Waals surface area contributed by atoms with Gasteiger partial charge in [-0.05, 0) is 39.0 Å². The third-order valence-electron chi connectivity index (χ3n) is 5.26. The number of aliphatic imine (C=N–C) groups is 1. The Balaban J connectivity index is 0.00000385. The van der Waals surface area contributed by atoms with Crippen LogP contribution in [0.3, 0.4) is 0 Å². The molecular weight excluding hydrogens is 537 g/mol. The molecule has 10 nitrogen and oxygen atoms in total. The number of halogens is 1. The number of amides is 1. The van der Waals surface area contributed by atoms with E-state index in [-0.39, 0.29) is 36.4 Å². The number of furan rings is 1. The van der Waals surface area contributed by atoms with Gasteiger partial charge in [0, 0.05) is 58.1 Å². The third kappa shape index (κ3) is 7.84. The first-order valence-electron chi connectivity index (χ1n) is 11.0. The van der Waals surface area contributed by atoms with Gasteiger partial charge in [-0.3, -0.25) is 4.79 Å². The Labute approximate surface area is 211 Å². The Hall–Kier alpha value is -2.41. The minimum atomic E-state index is -1.21. The summed E-state index contributed by atoms with van der Waals surface area (Å²) in [5, 5.41) is 17.0. The first-order valence-corrected chi connectivity index (χ1v) is 11.0. The van der Waals surface area contributed by atoms with Crippen molar-refractivity contribution in [2.75, 3.05) is 50.7 Å². The minimum Gasteiger partial charge on any atom is -0.463 e. The molecule has 0 aromatic carbocycles. The van der Waals surface area contributed by atoms with Crippen molar-refractivity contribution in [1.29, 1.82) is 0 Å². The largest absolute Gasteiger partial charge is 0.463 e. The van der Waals surface area contributed by atoms with Gasteiger partial charge in [-0.15, -0.1) is 24.0 Å². The van der Waals surface area contributed by atoms with Crippen molar-refractivity contribution in [2.45, 2.75) is 32.8 Å². The second-order valence-electron chi connectivity index (χ2n) is 7.97. The van der Waals surface area contributed by atoms with Crippen LogP contribution in [0.1, 0.15) is 31.8 Å². The zero-order valence-corrected chi connectivity index (χ0v) is 21.8. The predicted octanol–water partition coefficient (Wildman–Crippen LogP) is 1.50. The number of hydrogen-bond donors (Lipinski definition) is 3. The van der Waals surface area contributed by atoms with E-state index in [1.807, 2.05) is 24.8 Å². The molecule has 11 heteroatoms. The zero-order chi connectivity index (χ0) is 23.0. The van der Waals surface area contributed by atoms with Crippen LogP contribution in [0.15, 0.2) is 40.0 Å². The standard InChI is InChI=1S/C22H33N7O3.HI/c1-4-23-20(27-16-22(3,31)18-7-6-17(2)32-18)24-11-8-19(30)28-12-14-29(15-13-28)21-25-9-5-10-26-21;/h5-7,9-10,31H,4,8,11-16H2,1-3H3,(H2,23,24,27);1H. The highest BCUT2D eigenvalue weighted by Gasteiger charge is 2.27. The predicted molar refractivity (Wildman–Crippen MR) is 138 cm³/mol. The Morgan fingerprint density at radius 1 is 1.21 bits per heavy atom. The zero-order valence-electron chi connectivity index (χ0n) is 19.5. The van der Waals surface area contributed by atoms with Gasteiger partial charge in [0.1, 0.15) is 17.1 Å². The fourth-order valence-corrected chi connectivity index (χ4v) is 3.43. The lowest BCUT2D eigenvalue weighted by molar-refractivity contribution is -0.131. The molecule has 0 saturated carbocycles. The summed E-state index contributed by atoms with van der Waals surface area (Å²) in [6.45, 7) is 9.46. The van der Waals surface area contributed by atoms with Crippen LogP contribution in [0.25, 0.3) is 0 Å². The van der Waals surface area contributed by atoms with Gasteiger partial charge < -0.3 is 30.0 Å². The Morgan fingerprint density at radius 3 is 2.52 bits per heavy atom. The molecule has 1 fully saturated rings. The normalized spacial score (nSPS) is 16.1. The van der Waals surface area contributed by atoms with E-state index in [4.69, 9.17) is 4.42 Å². The Kier molecular flexibility index (Phi) is 10.4. The molecule has 1 atom stereocenters. The highest BCUT2D eigenvalue weighted by molar-refractivity contribution is 14.0. The smallest absolute Gasteiger partial charge is 0.225 e. The summed E-state index contributed by atoms with van der Waals surface area (Å²) in [6, 6.07) is 5.36. The quantitative estimate of drug-likeness (QED) is 0.248. The molecule has 1 amide bonds. The minimum absolute atomic E-state index is 0. The van der Waals surface area contributed by atoms with Crippen molar-refractivity contribution in [3.8, 4) is 0 Å². The lowest BCUT2D eigenvalue weighted by Gasteiger charge is -2.34.